The van der Waals surface area contributed by atoms with Crippen molar-refractivity contribution in [1.29, 1.82) is 0 Å². The van der Waals surface area contributed by atoms with Gasteiger partial charge in [-0.15, -0.1) is 0 Å². The Balaban J connectivity index is 1.61. The van der Waals surface area contributed by atoms with E-state index in [2.05, 4.69) is 0 Å². The summed E-state index contributed by atoms with van der Waals surface area (Å²) in [5, 5.41) is 0. The van der Waals surface area contributed by atoms with Crippen LogP contribution in [0.4, 0.5) is 0 Å². The Morgan fingerprint density at radius 1 is 1.15 bits per heavy atom. The molecule has 144 valence electrons. The Bertz CT molecular complexity index is 790. The van der Waals surface area contributed by atoms with Crippen LogP contribution in [0.2, 0.25) is 0 Å². The first-order valence-electron chi connectivity index (χ1n) is 9.29. The minimum Gasteiger partial charge on any atom is -0.493 e. The van der Waals surface area contributed by atoms with Crippen LogP contribution in [0.15, 0.2) is 42.5 Å². The summed E-state index contributed by atoms with van der Waals surface area (Å²) >= 11 is 0. The summed E-state index contributed by atoms with van der Waals surface area (Å²) in [7, 11) is 5.13. The van der Waals surface area contributed by atoms with Crippen molar-refractivity contribution in [3.8, 4) is 17.2 Å². The van der Waals surface area contributed by atoms with Gasteiger partial charge in [-0.1, -0.05) is 24.3 Å². The van der Waals surface area contributed by atoms with Crippen molar-refractivity contribution in [2.45, 2.75) is 19.3 Å². The molecule has 0 spiro atoms. The number of carbonyl (C=O) groups is 1. The van der Waals surface area contributed by atoms with Crippen molar-refractivity contribution in [2.75, 3.05) is 34.4 Å². The van der Waals surface area contributed by atoms with Crippen LogP contribution in [-0.2, 0) is 17.6 Å². The number of benzene rings is 2. The van der Waals surface area contributed by atoms with Gasteiger partial charge < -0.3 is 19.1 Å². The molecular formula is C22H27NO4. The van der Waals surface area contributed by atoms with Gasteiger partial charge in [0.1, 0.15) is 5.75 Å². The molecule has 1 heterocycles. The third-order valence-electron chi connectivity index (χ3n) is 5.07. The SMILES string of the molecule is COc1ccc(CCN(C)C(=O)C2CCOc3ccccc3C2)cc1OC. The second-order valence-corrected chi connectivity index (χ2v) is 6.85. The first-order chi connectivity index (χ1) is 13.1. The van der Waals surface area contributed by atoms with E-state index in [1.54, 1.807) is 14.2 Å². The molecule has 0 fully saturated rings. The predicted octanol–water partition coefficient (Wildman–Crippen LogP) is 3.35. The zero-order valence-corrected chi connectivity index (χ0v) is 16.2. The normalized spacial score (nSPS) is 15.9. The van der Waals surface area contributed by atoms with Gasteiger partial charge in [0.2, 0.25) is 5.91 Å². The van der Waals surface area contributed by atoms with Crippen LogP contribution in [0.25, 0.3) is 0 Å². The van der Waals surface area contributed by atoms with Gasteiger partial charge in [-0.25, -0.2) is 0 Å². The van der Waals surface area contributed by atoms with Gasteiger partial charge in [0, 0.05) is 19.5 Å². The van der Waals surface area contributed by atoms with Crippen LogP contribution in [0, 0.1) is 5.92 Å². The van der Waals surface area contributed by atoms with E-state index >= 15 is 0 Å². The molecule has 1 amide bonds. The van der Waals surface area contributed by atoms with E-state index in [-0.39, 0.29) is 11.8 Å². The van der Waals surface area contributed by atoms with Crippen LogP contribution in [0.1, 0.15) is 17.5 Å². The lowest BCUT2D eigenvalue weighted by atomic mass is 9.95. The summed E-state index contributed by atoms with van der Waals surface area (Å²) in [4.78, 5) is 14.8. The molecule has 1 aliphatic rings. The average molecular weight is 369 g/mol. The highest BCUT2D eigenvalue weighted by atomic mass is 16.5. The van der Waals surface area contributed by atoms with Crippen LogP contribution in [0.5, 0.6) is 17.2 Å². The number of hydrogen-bond donors (Lipinski definition) is 0. The third kappa shape index (κ3) is 4.54. The fourth-order valence-electron chi connectivity index (χ4n) is 3.46. The Hall–Kier alpha value is -2.69. The minimum absolute atomic E-state index is 0.0379. The average Bonchev–Trinajstić information content (AvgIpc) is 2.93. The van der Waals surface area contributed by atoms with E-state index in [1.165, 1.54) is 0 Å². The van der Waals surface area contributed by atoms with E-state index < -0.39 is 0 Å². The van der Waals surface area contributed by atoms with E-state index in [0.29, 0.717) is 24.7 Å². The van der Waals surface area contributed by atoms with E-state index in [0.717, 1.165) is 36.1 Å². The molecule has 3 rings (SSSR count). The van der Waals surface area contributed by atoms with Gasteiger partial charge >= 0.3 is 0 Å². The molecule has 0 bridgehead atoms. The molecule has 27 heavy (non-hydrogen) atoms. The smallest absolute Gasteiger partial charge is 0.225 e. The summed E-state index contributed by atoms with van der Waals surface area (Å²) in [6.07, 6.45) is 2.24. The summed E-state index contributed by atoms with van der Waals surface area (Å²) in [6.45, 7) is 1.24. The Morgan fingerprint density at radius 2 is 1.93 bits per heavy atom. The molecular weight excluding hydrogens is 342 g/mol. The van der Waals surface area contributed by atoms with Crippen molar-refractivity contribution in [3.05, 3.63) is 53.6 Å². The third-order valence-corrected chi connectivity index (χ3v) is 5.07. The minimum atomic E-state index is -0.0379. The first-order valence-corrected chi connectivity index (χ1v) is 9.29. The fourth-order valence-corrected chi connectivity index (χ4v) is 3.46. The molecule has 0 saturated heterocycles. The van der Waals surface area contributed by atoms with E-state index in [4.69, 9.17) is 14.2 Å². The number of nitrogens with zero attached hydrogens (tertiary/aromatic N) is 1. The Labute approximate surface area is 160 Å². The van der Waals surface area contributed by atoms with Crippen LogP contribution in [-0.4, -0.2) is 45.2 Å². The number of rotatable bonds is 6. The van der Waals surface area contributed by atoms with Gasteiger partial charge in [-0.2, -0.15) is 0 Å². The van der Waals surface area contributed by atoms with Crippen molar-refractivity contribution in [1.82, 2.24) is 4.90 Å². The van der Waals surface area contributed by atoms with Crippen LogP contribution < -0.4 is 14.2 Å². The molecule has 0 radical (unpaired) electrons. The zero-order chi connectivity index (χ0) is 19.2. The molecule has 2 aromatic rings. The Kier molecular flexibility index (Phi) is 6.22. The summed E-state index contributed by atoms with van der Waals surface area (Å²) in [5.74, 6) is 2.46. The number of carbonyl (C=O) groups excluding carboxylic acids is 1. The van der Waals surface area contributed by atoms with Crippen molar-refractivity contribution in [2.24, 2.45) is 5.92 Å². The summed E-state index contributed by atoms with van der Waals surface area (Å²) < 4.78 is 16.4. The van der Waals surface area contributed by atoms with Crippen molar-refractivity contribution >= 4 is 5.91 Å². The number of para-hydroxylation sites is 1. The summed E-state index contributed by atoms with van der Waals surface area (Å²) in [6, 6.07) is 13.9. The zero-order valence-electron chi connectivity index (χ0n) is 16.2. The van der Waals surface area contributed by atoms with Crippen LogP contribution >= 0.6 is 0 Å². The van der Waals surface area contributed by atoms with Crippen molar-refractivity contribution < 1.29 is 19.0 Å². The highest BCUT2D eigenvalue weighted by Crippen LogP contribution is 2.29. The number of fused-ring (bicyclic) bond motifs is 1. The standard InChI is InChI=1S/C22H27NO4/c1-23(12-10-16-8-9-20(25-2)21(14-16)26-3)22(24)18-11-13-27-19-7-5-4-6-17(19)15-18/h4-9,14,18H,10-13,15H2,1-3H3. The lowest BCUT2D eigenvalue weighted by molar-refractivity contribution is -0.134. The molecule has 0 aliphatic carbocycles. The number of hydrogen-bond acceptors (Lipinski definition) is 4. The fraction of sp³-hybridized carbons (Fsp3) is 0.409. The maximum absolute atomic E-state index is 12.9. The highest BCUT2D eigenvalue weighted by Gasteiger charge is 2.26. The van der Waals surface area contributed by atoms with Gasteiger partial charge in [-0.05, 0) is 48.6 Å². The summed E-state index contributed by atoms with van der Waals surface area (Å²) in [5.41, 5.74) is 2.23. The second-order valence-electron chi connectivity index (χ2n) is 6.85. The molecule has 0 saturated carbocycles. The maximum Gasteiger partial charge on any atom is 0.225 e. The van der Waals surface area contributed by atoms with Crippen molar-refractivity contribution in [3.63, 3.8) is 0 Å². The first kappa shape index (κ1) is 19.1. The molecule has 0 N–H and O–H groups in total. The van der Waals surface area contributed by atoms with Crippen LogP contribution in [0.3, 0.4) is 0 Å². The second kappa shape index (κ2) is 8.80. The van der Waals surface area contributed by atoms with Gasteiger partial charge in [0.15, 0.2) is 11.5 Å². The van der Waals surface area contributed by atoms with E-state index in [9.17, 15) is 4.79 Å². The lowest BCUT2D eigenvalue weighted by Gasteiger charge is -2.23. The largest absolute Gasteiger partial charge is 0.493 e. The lowest BCUT2D eigenvalue weighted by Crippen LogP contribution is -2.35. The monoisotopic (exact) mass is 369 g/mol. The number of likely N-dealkylation sites (N-methyl/N-ethyl adjacent to an activating group) is 1. The quantitative estimate of drug-likeness (QED) is 0.784. The number of amides is 1. The molecule has 5 nitrogen and oxygen atoms in total. The molecule has 1 unspecified atom stereocenters. The van der Waals surface area contributed by atoms with Gasteiger partial charge in [0.25, 0.3) is 0 Å². The maximum atomic E-state index is 12.9. The molecule has 1 aliphatic heterocycles. The molecule has 0 aromatic heterocycles. The molecule has 1 atom stereocenters. The van der Waals surface area contributed by atoms with E-state index in [1.807, 2.05) is 54.4 Å². The molecule has 5 heteroatoms. The topological polar surface area (TPSA) is 48.0 Å². The molecule has 2 aromatic carbocycles. The Morgan fingerprint density at radius 3 is 2.70 bits per heavy atom. The number of ether oxygens (including phenoxy) is 3. The predicted molar refractivity (Wildman–Crippen MR) is 105 cm³/mol. The number of methoxy groups -OCH3 is 2. The highest BCUT2D eigenvalue weighted by molar-refractivity contribution is 5.79. The van der Waals surface area contributed by atoms with Gasteiger partial charge in [-0.3, -0.25) is 4.79 Å². The van der Waals surface area contributed by atoms with Gasteiger partial charge in [0.05, 0.1) is 20.8 Å².